The average molecular weight is 270 g/mol. The maximum Gasteiger partial charge on any atom is 0.311 e. The van der Waals surface area contributed by atoms with Gasteiger partial charge in [-0.05, 0) is 36.6 Å². The van der Waals surface area contributed by atoms with Gasteiger partial charge in [0, 0.05) is 0 Å². The van der Waals surface area contributed by atoms with Gasteiger partial charge in [-0.1, -0.05) is 42.0 Å². The summed E-state index contributed by atoms with van der Waals surface area (Å²) in [6.45, 7) is 2.02. The van der Waals surface area contributed by atoms with Crippen LogP contribution in [-0.4, -0.2) is 18.2 Å². The van der Waals surface area contributed by atoms with Crippen LogP contribution in [0.4, 0.5) is 0 Å². The summed E-state index contributed by atoms with van der Waals surface area (Å²) in [5.74, 6) is -0.618. The first kappa shape index (κ1) is 14.1. The van der Waals surface area contributed by atoms with Crippen molar-refractivity contribution in [1.29, 1.82) is 0 Å². The maximum atomic E-state index is 11.5. The molecule has 1 N–H and O–H groups in total. The molecule has 0 heterocycles. The van der Waals surface area contributed by atoms with E-state index in [0.29, 0.717) is 6.42 Å². The number of benzene rings is 2. The van der Waals surface area contributed by atoms with Crippen LogP contribution in [0.15, 0.2) is 48.5 Å². The summed E-state index contributed by atoms with van der Waals surface area (Å²) >= 11 is 0. The Labute approximate surface area is 118 Å². The number of hydrogen-bond acceptors (Lipinski definition) is 2. The zero-order chi connectivity index (χ0) is 14.5. The summed E-state index contributed by atoms with van der Waals surface area (Å²) in [5, 5.41) is 9.44. The molecule has 0 aliphatic rings. The van der Waals surface area contributed by atoms with Crippen molar-refractivity contribution in [2.45, 2.75) is 19.3 Å². The molecule has 0 aliphatic carbocycles. The molecule has 0 aromatic heterocycles. The predicted octanol–water partition coefficient (Wildman–Crippen LogP) is 3.41. The molecule has 0 amide bonds. The summed E-state index contributed by atoms with van der Waals surface area (Å²) in [6, 6.07) is 15.2. The highest BCUT2D eigenvalue weighted by Gasteiger charge is 2.20. The van der Waals surface area contributed by atoms with Crippen molar-refractivity contribution in [2.24, 2.45) is 0 Å². The van der Waals surface area contributed by atoms with Crippen molar-refractivity contribution in [3.63, 3.8) is 0 Å². The lowest BCUT2D eigenvalue weighted by Crippen LogP contribution is -2.14. The summed E-state index contributed by atoms with van der Waals surface area (Å²) in [7, 11) is 1.59. The SMILES string of the molecule is COc1ccc(C(Cc2ccc(C)cc2)C(=O)O)cc1. The molecule has 0 radical (unpaired) electrons. The van der Waals surface area contributed by atoms with Crippen LogP contribution in [0.3, 0.4) is 0 Å². The molecule has 3 heteroatoms. The van der Waals surface area contributed by atoms with E-state index in [4.69, 9.17) is 4.74 Å². The summed E-state index contributed by atoms with van der Waals surface area (Å²) in [4.78, 5) is 11.5. The highest BCUT2D eigenvalue weighted by atomic mass is 16.5. The third-order valence-corrected chi connectivity index (χ3v) is 3.38. The predicted molar refractivity (Wildman–Crippen MR) is 78.3 cm³/mol. The van der Waals surface area contributed by atoms with Crippen LogP contribution in [0.2, 0.25) is 0 Å². The highest BCUT2D eigenvalue weighted by Crippen LogP contribution is 2.24. The van der Waals surface area contributed by atoms with Gasteiger partial charge >= 0.3 is 5.97 Å². The number of aliphatic carboxylic acids is 1. The molecule has 104 valence electrons. The Morgan fingerprint density at radius 2 is 1.70 bits per heavy atom. The number of carbonyl (C=O) groups is 1. The van der Waals surface area contributed by atoms with Crippen molar-refractivity contribution in [2.75, 3.05) is 7.11 Å². The van der Waals surface area contributed by atoms with Gasteiger partial charge in [0.15, 0.2) is 0 Å². The number of carboxylic acid groups (broad SMARTS) is 1. The van der Waals surface area contributed by atoms with E-state index in [-0.39, 0.29) is 0 Å². The molecule has 2 rings (SSSR count). The molecule has 20 heavy (non-hydrogen) atoms. The van der Waals surface area contributed by atoms with E-state index in [0.717, 1.165) is 16.9 Å². The van der Waals surface area contributed by atoms with Gasteiger partial charge in [-0.3, -0.25) is 4.79 Å². The number of hydrogen-bond donors (Lipinski definition) is 1. The first-order valence-electron chi connectivity index (χ1n) is 6.52. The minimum absolute atomic E-state index is 0.488. The minimum Gasteiger partial charge on any atom is -0.497 e. The molecule has 0 bridgehead atoms. The number of aryl methyl sites for hydroxylation is 1. The fraction of sp³-hybridized carbons (Fsp3) is 0.235. The molecule has 0 saturated heterocycles. The van der Waals surface area contributed by atoms with Crippen LogP contribution >= 0.6 is 0 Å². The molecule has 0 saturated carbocycles. The van der Waals surface area contributed by atoms with Crippen LogP contribution < -0.4 is 4.74 Å². The number of ether oxygens (including phenoxy) is 1. The third kappa shape index (κ3) is 3.38. The van der Waals surface area contributed by atoms with Gasteiger partial charge < -0.3 is 9.84 Å². The fourth-order valence-corrected chi connectivity index (χ4v) is 2.14. The molecule has 0 spiro atoms. The Hall–Kier alpha value is -2.29. The van der Waals surface area contributed by atoms with E-state index < -0.39 is 11.9 Å². The topological polar surface area (TPSA) is 46.5 Å². The molecule has 3 nitrogen and oxygen atoms in total. The zero-order valence-corrected chi connectivity index (χ0v) is 11.7. The lowest BCUT2D eigenvalue weighted by atomic mass is 9.92. The van der Waals surface area contributed by atoms with Crippen molar-refractivity contribution >= 4 is 5.97 Å². The van der Waals surface area contributed by atoms with Crippen LogP contribution in [-0.2, 0) is 11.2 Å². The second-order valence-corrected chi connectivity index (χ2v) is 4.85. The zero-order valence-electron chi connectivity index (χ0n) is 11.7. The molecule has 0 aliphatic heterocycles. The summed E-state index contributed by atoms with van der Waals surface area (Å²) in [5.41, 5.74) is 2.99. The Morgan fingerprint density at radius 1 is 1.10 bits per heavy atom. The van der Waals surface area contributed by atoms with Crippen LogP contribution in [0.25, 0.3) is 0 Å². The summed E-state index contributed by atoms with van der Waals surface area (Å²) < 4.78 is 5.09. The largest absolute Gasteiger partial charge is 0.497 e. The van der Waals surface area contributed by atoms with Crippen molar-refractivity contribution in [1.82, 2.24) is 0 Å². The van der Waals surface area contributed by atoms with Gasteiger partial charge in [0.05, 0.1) is 13.0 Å². The van der Waals surface area contributed by atoms with Gasteiger partial charge in [0.25, 0.3) is 0 Å². The van der Waals surface area contributed by atoms with Crippen molar-refractivity contribution in [3.8, 4) is 5.75 Å². The second-order valence-electron chi connectivity index (χ2n) is 4.85. The molecule has 0 fully saturated rings. The normalized spacial score (nSPS) is 11.9. The molecular formula is C17H18O3. The van der Waals surface area contributed by atoms with Gasteiger partial charge in [-0.15, -0.1) is 0 Å². The lowest BCUT2D eigenvalue weighted by Gasteiger charge is -2.13. The van der Waals surface area contributed by atoms with E-state index >= 15 is 0 Å². The smallest absolute Gasteiger partial charge is 0.311 e. The maximum absolute atomic E-state index is 11.5. The van der Waals surface area contributed by atoms with Crippen LogP contribution in [0, 0.1) is 6.92 Å². The van der Waals surface area contributed by atoms with Crippen molar-refractivity contribution in [3.05, 3.63) is 65.2 Å². The molecular weight excluding hydrogens is 252 g/mol. The van der Waals surface area contributed by atoms with Gasteiger partial charge in [-0.2, -0.15) is 0 Å². The fourth-order valence-electron chi connectivity index (χ4n) is 2.14. The second kappa shape index (κ2) is 6.24. The number of carboxylic acids is 1. The van der Waals surface area contributed by atoms with E-state index in [1.54, 1.807) is 19.2 Å². The average Bonchev–Trinajstić information content (AvgIpc) is 2.46. The Bertz CT molecular complexity index is 570. The van der Waals surface area contributed by atoms with E-state index in [1.807, 2.05) is 43.3 Å². The van der Waals surface area contributed by atoms with Gasteiger partial charge in [-0.25, -0.2) is 0 Å². The van der Waals surface area contributed by atoms with Gasteiger partial charge in [0.2, 0.25) is 0 Å². The first-order valence-corrected chi connectivity index (χ1v) is 6.52. The Kier molecular flexibility index (Phi) is 4.41. The molecule has 1 atom stereocenters. The number of rotatable bonds is 5. The molecule has 2 aromatic rings. The Balaban J connectivity index is 2.22. The standard InChI is InChI=1S/C17H18O3/c1-12-3-5-13(6-4-12)11-16(17(18)19)14-7-9-15(20-2)10-8-14/h3-10,16H,11H2,1-2H3,(H,18,19). The van der Waals surface area contributed by atoms with Crippen molar-refractivity contribution < 1.29 is 14.6 Å². The van der Waals surface area contributed by atoms with Crippen LogP contribution in [0.5, 0.6) is 5.75 Å². The van der Waals surface area contributed by atoms with Gasteiger partial charge in [0.1, 0.15) is 5.75 Å². The highest BCUT2D eigenvalue weighted by molar-refractivity contribution is 5.76. The van der Waals surface area contributed by atoms with Crippen LogP contribution in [0.1, 0.15) is 22.6 Å². The molecule has 2 aromatic carbocycles. The summed E-state index contributed by atoms with van der Waals surface area (Å²) in [6.07, 6.45) is 0.488. The lowest BCUT2D eigenvalue weighted by molar-refractivity contribution is -0.138. The third-order valence-electron chi connectivity index (χ3n) is 3.38. The minimum atomic E-state index is -0.809. The Morgan fingerprint density at radius 3 is 2.20 bits per heavy atom. The quantitative estimate of drug-likeness (QED) is 0.905. The van der Waals surface area contributed by atoms with E-state index in [9.17, 15) is 9.90 Å². The van der Waals surface area contributed by atoms with E-state index in [2.05, 4.69) is 0 Å². The molecule has 1 unspecified atom stereocenters. The number of methoxy groups -OCH3 is 1. The first-order chi connectivity index (χ1) is 9.60. The monoisotopic (exact) mass is 270 g/mol. The van der Waals surface area contributed by atoms with E-state index in [1.165, 1.54) is 5.56 Å².